The topological polar surface area (TPSA) is 112 Å². The average Bonchev–Trinajstić information content (AvgIpc) is 3.19. The summed E-state index contributed by atoms with van der Waals surface area (Å²) < 4.78 is 2.29. The molecule has 0 aliphatic carbocycles. The number of carbonyl (C=O) groups is 1. The van der Waals surface area contributed by atoms with Gasteiger partial charge in [-0.1, -0.05) is 0 Å². The minimum absolute atomic E-state index is 0.0834. The molecule has 4 aromatic heterocycles. The van der Waals surface area contributed by atoms with E-state index in [2.05, 4.69) is 20.3 Å². The molecule has 9 nitrogen and oxygen atoms in total. The average molecular weight is 408 g/mol. The standard InChI is InChI=1S/C19H16N6O3S/c1-24-16-14(18(27)25(2)19(24)28)6-12(9-21-16)22-15(26)7-13-10-29-17(23-13)11-4-3-5-20-8-11/h3-6,8-10H,7H2,1-2H3,(H,22,26). The number of fused-ring (bicyclic) bond motifs is 1. The van der Waals surface area contributed by atoms with E-state index in [1.54, 1.807) is 12.4 Å². The molecule has 0 aromatic carbocycles. The molecule has 0 fully saturated rings. The van der Waals surface area contributed by atoms with Gasteiger partial charge in [0.25, 0.3) is 5.56 Å². The van der Waals surface area contributed by atoms with Crippen LogP contribution in [-0.2, 0) is 25.3 Å². The number of aryl methyl sites for hydroxylation is 1. The highest BCUT2D eigenvalue weighted by molar-refractivity contribution is 7.13. The molecule has 0 saturated carbocycles. The van der Waals surface area contributed by atoms with E-state index in [1.807, 2.05) is 17.5 Å². The van der Waals surface area contributed by atoms with Gasteiger partial charge in [-0.2, -0.15) is 0 Å². The van der Waals surface area contributed by atoms with Crippen LogP contribution in [0.5, 0.6) is 0 Å². The number of aromatic nitrogens is 5. The van der Waals surface area contributed by atoms with Crippen LogP contribution >= 0.6 is 11.3 Å². The molecule has 0 radical (unpaired) electrons. The first-order valence-electron chi connectivity index (χ1n) is 8.64. The summed E-state index contributed by atoms with van der Waals surface area (Å²) in [6.45, 7) is 0. The smallest absolute Gasteiger partial charge is 0.324 e. The van der Waals surface area contributed by atoms with E-state index < -0.39 is 11.2 Å². The van der Waals surface area contributed by atoms with E-state index in [1.165, 1.54) is 42.3 Å². The van der Waals surface area contributed by atoms with E-state index in [4.69, 9.17) is 0 Å². The fourth-order valence-electron chi connectivity index (χ4n) is 2.91. The Balaban J connectivity index is 1.55. The molecule has 4 rings (SSSR count). The zero-order valence-corrected chi connectivity index (χ0v) is 16.4. The Bertz CT molecular complexity index is 1340. The first kappa shape index (κ1) is 18.7. The maximum atomic E-state index is 12.4. The highest BCUT2D eigenvalue weighted by atomic mass is 32.1. The molecule has 146 valence electrons. The Morgan fingerprint density at radius 2 is 2.03 bits per heavy atom. The lowest BCUT2D eigenvalue weighted by Gasteiger charge is -2.08. The number of hydrogen-bond donors (Lipinski definition) is 1. The Kier molecular flexibility index (Phi) is 4.77. The van der Waals surface area contributed by atoms with Gasteiger partial charge in [-0.25, -0.2) is 14.8 Å². The third kappa shape index (κ3) is 3.57. The normalized spacial score (nSPS) is 11.0. The summed E-state index contributed by atoms with van der Waals surface area (Å²) in [5.74, 6) is -0.282. The second kappa shape index (κ2) is 7.40. The van der Waals surface area contributed by atoms with Crippen LogP contribution in [0, 0.1) is 0 Å². The summed E-state index contributed by atoms with van der Waals surface area (Å²) in [4.78, 5) is 49.4. The molecule has 0 unspecified atom stereocenters. The molecule has 0 spiro atoms. The molecule has 4 aromatic rings. The van der Waals surface area contributed by atoms with E-state index in [9.17, 15) is 14.4 Å². The number of rotatable bonds is 4. The summed E-state index contributed by atoms with van der Waals surface area (Å²) in [5.41, 5.74) is 1.24. The lowest BCUT2D eigenvalue weighted by atomic mass is 10.2. The van der Waals surface area contributed by atoms with Crippen molar-refractivity contribution in [1.82, 2.24) is 24.1 Å². The minimum Gasteiger partial charge on any atom is -0.324 e. The van der Waals surface area contributed by atoms with Crippen LogP contribution in [0.4, 0.5) is 5.69 Å². The largest absolute Gasteiger partial charge is 0.332 e. The predicted molar refractivity (Wildman–Crippen MR) is 110 cm³/mol. The van der Waals surface area contributed by atoms with Crippen molar-refractivity contribution in [3.63, 3.8) is 0 Å². The molecular formula is C19H16N6O3S. The molecule has 1 amide bonds. The molecule has 0 atom stereocenters. The molecule has 0 saturated heterocycles. The van der Waals surface area contributed by atoms with Crippen LogP contribution in [0.1, 0.15) is 5.69 Å². The van der Waals surface area contributed by atoms with Crippen molar-refractivity contribution < 1.29 is 4.79 Å². The number of nitrogens with one attached hydrogen (secondary N) is 1. The van der Waals surface area contributed by atoms with Gasteiger partial charge in [0.1, 0.15) is 10.7 Å². The zero-order valence-electron chi connectivity index (χ0n) is 15.6. The Labute approximate surface area is 168 Å². The molecule has 29 heavy (non-hydrogen) atoms. The third-order valence-electron chi connectivity index (χ3n) is 4.38. The van der Waals surface area contributed by atoms with Gasteiger partial charge in [-0.15, -0.1) is 11.3 Å². The number of carbonyl (C=O) groups excluding carboxylic acids is 1. The predicted octanol–water partition coefficient (Wildman–Crippen LogP) is 1.33. The van der Waals surface area contributed by atoms with Gasteiger partial charge >= 0.3 is 5.69 Å². The molecule has 0 aliphatic rings. The molecule has 0 bridgehead atoms. The summed E-state index contributed by atoms with van der Waals surface area (Å²) in [6, 6.07) is 5.25. The van der Waals surface area contributed by atoms with Crippen LogP contribution in [0.3, 0.4) is 0 Å². The molecule has 0 aliphatic heterocycles. The number of thiazole rings is 1. The van der Waals surface area contributed by atoms with Crippen LogP contribution in [0.25, 0.3) is 21.6 Å². The van der Waals surface area contributed by atoms with E-state index in [-0.39, 0.29) is 23.4 Å². The highest BCUT2D eigenvalue weighted by Gasteiger charge is 2.13. The third-order valence-corrected chi connectivity index (χ3v) is 5.32. The monoisotopic (exact) mass is 408 g/mol. The SMILES string of the molecule is Cn1c(=O)c2cc(NC(=O)Cc3csc(-c4cccnc4)n3)cnc2n(C)c1=O. The van der Waals surface area contributed by atoms with E-state index >= 15 is 0 Å². The van der Waals surface area contributed by atoms with Gasteiger partial charge in [-0.3, -0.25) is 23.7 Å². The Hall–Kier alpha value is -3.66. The molecule has 1 N–H and O–H groups in total. The van der Waals surface area contributed by atoms with Crippen molar-refractivity contribution in [2.45, 2.75) is 6.42 Å². The number of pyridine rings is 2. The second-order valence-corrected chi connectivity index (χ2v) is 7.27. The first-order chi connectivity index (χ1) is 13.9. The fraction of sp³-hybridized carbons (Fsp3) is 0.158. The van der Waals surface area contributed by atoms with Crippen LogP contribution in [-0.4, -0.2) is 30.0 Å². The minimum atomic E-state index is -0.465. The van der Waals surface area contributed by atoms with Gasteiger partial charge in [0.15, 0.2) is 0 Å². The number of nitrogens with zero attached hydrogens (tertiary/aromatic N) is 5. The van der Waals surface area contributed by atoms with Gasteiger partial charge in [0.2, 0.25) is 5.91 Å². The number of anilines is 1. The lowest BCUT2D eigenvalue weighted by Crippen LogP contribution is -2.37. The zero-order chi connectivity index (χ0) is 20.5. The molecule has 10 heteroatoms. The number of hydrogen-bond acceptors (Lipinski definition) is 7. The first-order valence-corrected chi connectivity index (χ1v) is 9.52. The van der Waals surface area contributed by atoms with Crippen molar-refractivity contribution in [3.05, 3.63) is 68.7 Å². The van der Waals surface area contributed by atoms with Crippen molar-refractivity contribution >= 4 is 34.0 Å². The van der Waals surface area contributed by atoms with Gasteiger partial charge < -0.3 is 5.32 Å². The van der Waals surface area contributed by atoms with Crippen molar-refractivity contribution in [2.24, 2.45) is 14.1 Å². The maximum Gasteiger partial charge on any atom is 0.332 e. The summed E-state index contributed by atoms with van der Waals surface area (Å²) in [7, 11) is 2.94. The van der Waals surface area contributed by atoms with Crippen LogP contribution in [0.2, 0.25) is 0 Å². The van der Waals surface area contributed by atoms with Crippen LogP contribution in [0.15, 0.2) is 51.8 Å². The van der Waals surface area contributed by atoms with Crippen molar-refractivity contribution in [3.8, 4) is 10.6 Å². The lowest BCUT2D eigenvalue weighted by molar-refractivity contribution is -0.115. The molecule has 4 heterocycles. The highest BCUT2D eigenvalue weighted by Crippen LogP contribution is 2.23. The quantitative estimate of drug-likeness (QED) is 0.545. The fourth-order valence-corrected chi connectivity index (χ4v) is 3.72. The second-order valence-electron chi connectivity index (χ2n) is 6.41. The van der Waals surface area contributed by atoms with Crippen molar-refractivity contribution in [1.29, 1.82) is 0 Å². The maximum absolute atomic E-state index is 12.4. The summed E-state index contributed by atoms with van der Waals surface area (Å²) in [5, 5.41) is 5.59. The van der Waals surface area contributed by atoms with Gasteiger partial charge in [-0.05, 0) is 18.2 Å². The van der Waals surface area contributed by atoms with Gasteiger partial charge in [0.05, 0.1) is 29.4 Å². The van der Waals surface area contributed by atoms with E-state index in [0.717, 1.165) is 15.1 Å². The van der Waals surface area contributed by atoms with Crippen LogP contribution < -0.4 is 16.6 Å². The van der Waals surface area contributed by atoms with Crippen molar-refractivity contribution in [2.75, 3.05) is 5.32 Å². The Morgan fingerprint density at radius 3 is 2.79 bits per heavy atom. The number of amides is 1. The Morgan fingerprint density at radius 1 is 1.21 bits per heavy atom. The summed E-state index contributed by atoms with van der Waals surface area (Å²) >= 11 is 1.44. The van der Waals surface area contributed by atoms with E-state index in [0.29, 0.717) is 11.4 Å². The molecular weight excluding hydrogens is 392 g/mol. The van der Waals surface area contributed by atoms with Gasteiger partial charge in [0, 0.05) is 37.4 Å². The summed E-state index contributed by atoms with van der Waals surface area (Å²) in [6.07, 6.45) is 4.91.